The van der Waals surface area contributed by atoms with Gasteiger partial charge in [0.2, 0.25) is 5.91 Å². The van der Waals surface area contributed by atoms with Crippen LogP contribution in [0.5, 0.6) is 0 Å². The molecule has 20 heavy (non-hydrogen) atoms. The summed E-state index contributed by atoms with van der Waals surface area (Å²) < 4.78 is 0. The van der Waals surface area contributed by atoms with Crippen LogP contribution in [0.15, 0.2) is 24.3 Å². The Kier molecular flexibility index (Phi) is 5.72. The van der Waals surface area contributed by atoms with Gasteiger partial charge in [-0.1, -0.05) is 12.1 Å². The van der Waals surface area contributed by atoms with Crippen molar-refractivity contribution in [3.63, 3.8) is 0 Å². The molecular weight excluding hydrogens is 262 g/mol. The number of hydrogen-bond donors (Lipinski definition) is 3. The number of carbonyl (C=O) groups excluding carboxylic acids is 2. The van der Waals surface area contributed by atoms with E-state index in [9.17, 15) is 14.4 Å². The lowest BCUT2D eigenvalue weighted by Crippen LogP contribution is -2.34. The number of nitrogens with zero attached hydrogens (tertiary/aromatic N) is 1. The number of amides is 3. The highest BCUT2D eigenvalue weighted by atomic mass is 16.4. The summed E-state index contributed by atoms with van der Waals surface area (Å²) in [7, 11) is 0. The molecule has 1 aromatic carbocycles. The van der Waals surface area contributed by atoms with Crippen LogP contribution in [0.25, 0.3) is 0 Å². The van der Waals surface area contributed by atoms with Gasteiger partial charge in [0.05, 0.1) is 11.3 Å². The number of anilines is 1. The Hall–Kier alpha value is -2.88. The lowest BCUT2D eigenvalue weighted by Gasteiger charge is -2.07. The number of imide groups is 1. The summed E-state index contributed by atoms with van der Waals surface area (Å²) in [6.07, 6.45) is -0.0326. The molecule has 0 bridgehead atoms. The second-order valence-corrected chi connectivity index (χ2v) is 3.91. The van der Waals surface area contributed by atoms with E-state index in [1.54, 1.807) is 12.1 Å². The van der Waals surface area contributed by atoms with Crippen molar-refractivity contribution in [3.05, 3.63) is 29.8 Å². The Balaban J connectivity index is 2.46. The van der Waals surface area contributed by atoms with Crippen LogP contribution < -0.4 is 10.6 Å². The summed E-state index contributed by atoms with van der Waals surface area (Å²) in [6.45, 7) is 0. The van der Waals surface area contributed by atoms with Gasteiger partial charge in [0.1, 0.15) is 6.07 Å². The zero-order chi connectivity index (χ0) is 15.0. The largest absolute Gasteiger partial charge is 0.481 e. The average Bonchev–Trinajstić information content (AvgIpc) is 2.38. The van der Waals surface area contributed by atoms with Gasteiger partial charge in [-0.2, -0.15) is 5.26 Å². The molecule has 3 N–H and O–H groups in total. The van der Waals surface area contributed by atoms with Crippen LogP contribution in [0.1, 0.15) is 24.8 Å². The predicted molar refractivity (Wildman–Crippen MR) is 69.8 cm³/mol. The van der Waals surface area contributed by atoms with Crippen LogP contribution in [0.2, 0.25) is 0 Å². The summed E-state index contributed by atoms with van der Waals surface area (Å²) in [4.78, 5) is 33.1. The zero-order valence-electron chi connectivity index (χ0n) is 10.5. The molecule has 0 aromatic heterocycles. The van der Waals surface area contributed by atoms with Gasteiger partial charge >= 0.3 is 12.0 Å². The van der Waals surface area contributed by atoms with Gasteiger partial charge in [0, 0.05) is 12.8 Å². The van der Waals surface area contributed by atoms with E-state index in [4.69, 9.17) is 10.4 Å². The highest BCUT2D eigenvalue weighted by Gasteiger charge is 2.10. The molecule has 0 radical (unpaired) electrons. The van der Waals surface area contributed by atoms with E-state index in [-0.39, 0.29) is 24.8 Å². The minimum atomic E-state index is -0.995. The molecule has 104 valence electrons. The third-order valence-corrected chi connectivity index (χ3v) is 2.34. The highest BCUT2D eigenvalue weighted by molar-refractivity contribution is 6.01. The lowest BCUT2D eigenvalue weighted by atomic mass is 10.2. The molecule has 0 spiro atoms. The first kappa shape index (κ1) is 15.2. The van der Waals surface area contributed by atoms with Crippen molar-refractivity contribution in [2.45, 2.75) is 19.3 Å². The first-order valence-electron chi connectivity index (χ1n) is 5.84. The van der Waals surface area contributed by atoms with Crippen LogP contribution in [-0.4, -0.2) is 23.0 Å². The Bertz CT molecular complexity index is 563. The molecule has 0 unspecified atom stereocenters. The third-order valence-electron chi connectivity index (χ3n) is 2.34. The maximum atomic E-state index is 11.5. The molecule has 0 aliphatic rings. The highest BCUT2D eigenvalue weighted by Crippen LogP contribution is 2.12. The van der Waals surface area contributed by atoms with E-state index >= 15 is 0 Å². The molecule has 7 heteroatoms. The van der Waals surface area contributed by atoms with Crippen molar-refractivity contribution >= 4 is 23.6 Å². The fraction of sp³-hybridized carbons (Fsp3) is 0.231. The summed E-state index contributed by atoms with van der Waals surface area (Å²) in [5, 5.41) is 21.7. The molecule has 0 aliphatic heterocycles. The Morgan fingerprint density at radius 1 is 1.20 bits per heavy atom. The van der Waals surface area contributed by atoms with E-state index in [0.717, 1.165) is 0 Å². The zero-order valence-corrected chi connectivity index (χ0v) is 10.5. The van der Waals surface area contributed by atoms with Crippen LogP contribution in [0.4, 0.5) is 10.5 Å². The molecule has 7 nitrogen and oxygen atoms in total. The lowest BCUT2D eigenvalue weighted by molar-refractivity contribution is -0.137. The molecule has 1 aromatic rings. The number of hydrogen-bond acceptors (Lipinski definition) is 4. The number of benzene rings is 1. The Morgan fingerprint density at radius 2 is 1.90 bits per heavy atom. The molecule has 3 amide bonds. The molecular formula is C13H13N3O4. The number of carbonyl (C=O) groups is 3. The summed E-state index contributed by atoms with van der Waals surface area (Å²) >= 11 is 0. The first-order valence-corrected chi connectivity index (χ1v) is 5.84. The van der Waals surface area contributed by atoms with Crippen molar-refractivity contribution in [3.8, 4) is 6.07 Å². The Morgan fingerprint density at radius 3 is 2.55 bits per heavy atom. The second kappa shape index (κ2) is 7.53. The maximum Gasteiger partial charge on any atom is 0.325 e. The monoisotopic (exact) mass is 275 g/mol. The minimum absolute atomic E-state index is 0.0559. The molecule has 0 saturated heterocycles. The number of nitrogens with one attached hydrogen (secondary N) is 2. The number of urea groups is 1. The smallest absolute Gasteiger partial charge is 0.325 e. The average molecular weight is 275 g/mol. The van der Waals surface area contributed by atoms with E-state index in [0.29, 0.717) is 5.69 Å². The number of aliphatic carboxylic acids is 1. The van der Waals surface area contributed by atoms with Crippen LogP contribution in [0, 0.1) is 11.3 Å². The number of carboxylic acids is 1. The van der Waals surface area contributed by atoms with Crippen molar-refractivity contribution in [1.82, 2.24) is 5.32 Å². The fourth-order valence-corrected chi connectivity index (χ4v) is 1.43. The van der Waals surface area contributed by atoms with Gasteiger partial charge in [-0.25, -0.2) is 4.79 Å². The number of carboxylic acid groups (broad SMARTS) is 1. The van der Waals surface area contributed by atoms with Gasteiger partial charge in [-0.3, -0.25) is 14.9 Å². The van der Waals surface area contributed by atoms with Gasteiger partial charge < -0.3 is 10.4 Å². The summed E-state index contributed by atoms with van der Waals surface area (Å²) in [5.74, 6) is -1.57. The van der Waals surface area contributed by atoms with E-state index in [2.05, 4.69) is 10.6 Å². The number of nitriles is 1. The molecule has 0 heterocycles. The van der Waals surface area contributed by atoms with Crippen LogP contribution in [-0.2, 0) is 9.59 Å². The second-order valence-electron chi connectivity index (χ2n) is 3.91. The maximum absolute atomic E-state index is 11.5. The standard InChI is InChI=1S/C13H13N3O4/c14-8-9-4-1-2-5-10(9)15-13(20)16-11(17)6-3-7-12(18)19/h1-2,4-5H,3,6-7H2,(H,18,19)(H2,15,16,17,20). The van der Waals surface area contributed by atoms with Gasteiger partial charge in [-0.15, -0.1) is 0 Å². The SMILES string of the molecule is N#Cc1ccccc1NC(=O)NC(=O)CCCC(=O)O. The van der Waals surface area contributed by atoms with Crippen LogP contribution >= 0.6 is 0 Å². The normalized spacial score (nSPS) is 9.35. The molecule has 0 aliphatic carbocycles. The molecule has 1 rings (SSSR count). The van der Waals surface area contributed by atoms with E-state index in [1.807, 2.05) is 6.07 Å². The number of rotatable bonds is 5. The van der Waals surface area contributed by atoms with E-state index in [1.165, 1.54) is 12.1 Å². The molecule has 0 fully saturated rings. The predicted octanol–water partition coefficient (Wildman–Crippen LogP) is 1.46. The topological polar surface area (TPSA) is 119 Å². The van der Waals surface area contributed by atoms with E-state index < -0.39 is 17.9 Å². The molecule has 0 atom stereocenters. The summed E-state index contributed by atoms with van der Waals surface area (Å²) in [6, 6.07) is 7.51. The van der Waals surface area contributed by atoms with Gasteiger partial charge in [0.25, 0.3) is 0 Å². The quantitative estimate of drug-likeness (QED) is 0.751. The molecule has 0 saturated carbocycles. The Labute approximate surface area is 115 Å². The van der Waals surface area contributed by atoms with Crippen molar-refractivity contribution < 1.29 is 19.5 Å². The van der Waals surface area contributed by atoms with Gasteiger partial charge in [-0.05, 0) is 18.6 Å². The first-order chi connectivity index (χ1) is 9.52. The van der Waals surface area contributed by atoms with Crippen molar-refractivity contribution in [2.75, 3.05) is 5.32 Å². The van der Waals surface area contributed by atoms with Crippen molar-refractivity contribution in [1.29, 1.82) is 5.26 Å². The van der Waals surface area contributed by atoms with Gasteiger partial charge in [0.15, 0.2) is 0 Å². The summed E-state index contributed by atoms with van der Waals surface area (Å²) in [5.41, 5.74) is 0.576. The van der Waals surface area contributed by atoms with Crippen LogP contribution in [0.3, 0.4) is 0 Å². The minimum Gasteiger partial charge on any atom is -0.481 e. The number of para-hydroxylation sites is 1. The van der Waals surface area contributed by atoms with Crippen molar-refractivity contribution in [2.24, 2.45) is 0 Å². The third kappa shape index (κ3) is 5.18. The fourth-order valence-electron chi connectivity index (χ4n) is 1.43.